The maximum absolute atomic E-state index is 13.0. The summed E-state index contributed by atoms with van der Waals surface area (Å²) in [7, 11) is 0. The lowest BCUT2D eigenvalue weighted by Crippen LogP contribution is -2.31. The van der Waals surface area contributed by atoms with Gasteiger partial charge in [-0.3, -0.25) is 9.59 Å². The highest BCUT2D eigenvalue weighted by Crippen LogP contribution is 2.26. The molecule has 1 heterocycles. The van der Waals surface area contributed by atoms with Crippen LogP contribution < -0.4 is 11.0 Å². The van der Waals surface area contributed by atoms with Gasteiger partial charge < -0.3 is 0 Å². The van der Waals surface area contributed by atoms with Crippen molar-refractivity contribution in [2.75, 3.05) is 0 Å². The van der Waals surface area contributed by atoms with Crippen molar-refractivity contribution in [2.24, 2.45) is 16.9 Å². The lowest BCUT2D eigenvalue weighted by Gasteiger charge is -2.26. The van der Waals surface area contributed by atoms with E-state index in [1.54, 1.807) is 36.4 Å². The fraction of sp³-hybridized carbons (Fsp3) is 0.304. The predicted molar refractivity (Wildman–Crippen MR) is 114 cm³/mol. The zero-order valence-corrected chi connectivity index (χ0v) is 16.6. The van der Waals surface area contributed by atoms with Crippen LogP contribution in [0.5, 0.6) is 0 Å². The number of para-hydroxylation sites is 1. The third kappa shape index (κ3) is 3.70. The van der Waals surface area contributed by atoms with Crippen LogP contribution in [0.2, 0.25) is 0 Å². The van der Waals surface area contributed by atoms with Crippen LogP contribution in [0.4, 0.5) is 0 Å². The predicted octanol–water partition coefficient (Wildman–Crippen LogP) is 3.93. The van der Waals surface area contributed by atoms with E-state index >= 15 is 0 Å². The maximum atomic E-state index is 13.0. The molecule has 2 atom stereocenters. The average Bonchev–Trinajstić information content (AvgIpc) is 2.74. The first-order valence-electron chi connectivity index (χ1n) is 10.0. The van der Waals surface area contributed by atoms with Gasteiger partial charge in [-0.1, -0.05) is 56.7 Å². The van der Waals surface area contributed by atoms with Gasteiger partial charge in [-0.2, -0.15) is 14.9 Å². The Kier molecular flexibility index (Phi) is 5.25. The number of nitrogens with one attached hydrogen (secondary N) is 1. The highest BCUT2D eigenvalue weighted by Gasteiger charge is 2.24. The molecule has 6 heteroatoms. The summed E-state index contributed by atoms with van der Waals surface area (Å²) in [6.45, 7) is 4.29. The Hall–Kier alpha value is -3.28. The largest absolute Gasteiger partial charge is 0.292 e. The normalized spacial score (nSPS) is 20.7. The molecular formula is C23H24N4O2. The molecular weight excluding hydrogens is 364 g/mol. The van der Waals surface area contributed by atoms with Crippen molar-refractivity contribution in [3.8, 4) is 5.69 Å². The second kappa shape index (κ2) is 7.99. The van der Waals surface area contributed by atoms with Crippen LogP contribution in [0, 0.1) is 11.8 Å². The molecule has 1 N–H and O–H groups in total. The number of carbonyl (C=O) groups excluding carboxylic acids is 1. The summed E-state index contributed by atoms with van der Waals surface area (Å²) < 4.78 is 1.27. The van der Waals surface area contributed by atoms with Gasteiger partial charge in [0.05, 0.1) is 11.1 Å². The molecule has 148 valence electrons. The number of amides is 1. The fourth-order valence-electron chi connectivity index (χ4n) is 4.00. The number of hydrogen-bond acceptors (Lipinski definition) is 4. The fourth-order valence-corrected chi connectivity index (χ4v) is 4.00. The highest BCUT2D eigenvalue weighted by molar-refractivity contribution is 6.05. The number of benzene rings is 2. The van der Waals surface area contributed by atoms with Gasteiger partial charge >= 0.3 is 0 Å². The van der Waals surface area contributed by atoms with Crippen LogP contribution in [-0.4, -0.2) is 21.4 Å². The Labute approximate surface area is 169 Å². The van der Waals surface area contributed by atoms with Crippen molar-refractivity contribution in [3.05, 3.63) is 70.6 Å². The molecule has 0 unspecified atom stereocenters. The van der Waals surface area contributed by atoms with E-state index in [4.69, 9.17) is 0 Å². The second-order valence-electron chi connectivity index (χ2n) is 7.66. The molecule has 0 radical (unpaired) electrons. The van der Waals surface area contributed by atoms with Crippen molar-refractivity contribution >= 4 is 22.4 Å². The number of hydrazone groups is 1. The molecule has 29 heavy (non-hydrogen) atoms. The smallest absolute Gasteiger partial charge is 0.267 e. The molecule has 3 aromatic rings. The first-order chi connectivity index (χ1) is 14.1. The molecule has 1 aliphatic carbocycles. The van der Waals surface area contributed by atoms with Crippen molar-refractivity contribution in [2.45, 2.75) is 33.1 Å². The molecule has 0 aliphatic heterocycles. The average molecular weight is 388 g/mol. The summed E-state index contributed by atoms with van der Waals surface area (Å²) in [4.78, 5) is 25.9. The summed E-state index contributed by atoms with van der Waals surface area (Å²) in [5.74, 6) is 0.285. The Bertz CT molecular complexity index is 1120. The van der Waals surface area contributed by atoms with Gasteiger partial charge in [0.1, 0.15) is 0 Å². The van der Waals surface area contributed by atoms with Crippen molar-refractivity contribution in [1.29, 1.82) is 0 Å². The topological polar surface area (TPSA) is 76.3 Å². The first kappa shape index (κ1) is 19.1. The number of fused-ring (bicyclic) bond motifs is 1. The van der Waals surface area contributed by atoms with E-state index in [2.05, 4.69) is 29.5 Å². The molecule has 2 aromatic carbocycles. The highest BCUT2D eigenvalue weighted by atomic mass is 16.2. The number of carbonyl (C=O) groups is 1. The monoisotopic (exact) mass is 388 g/mol. The van der Waals surface area contributed by atoms with Gasteiger partial charge in [0, 0.05) is 11.1 Å². The summed E-state index contributed by atoms with van der Waals surface area (Å²) in [6.07, 6.45) is 3.35. The van der Waals surface area contributed by atoms with Gasteiger partial charge in [-0.15, -0.1) is 0 Å². The second-order valence-corrected chi connectivity index (χ2v) is 7.66. The van der Waals surface area contributed by atoms with Crippen molar-refractivity contribution < 1.29 is 4.79 Å². The molecule has 6 nitrogen and oxygen atoms in total. The zero-order chi connectivity index (χ0) is 20.4. The minimum Gasteiger partial charge on any atom is -0.267 e. The van der Waals surface area contributed by atoms with E-state index in [9.17, 15) is 9.59 Å². The molecule has 4 rings (SSSR count). The molecule has 1 fully saturated rings. The minimum atomic E-state index is -0.414. The Balaban J connectivity index is 1.78. The van der Waals surface area contributed by atoms with E-state index in [0.29, 0.717) is 28.3 Å². The van der Waals surface area contributed by atoms with E-state index in [0.717, 1.165) is 18.6 Å². The Morgan fingerprint density at radius 2 is 1.62 bits per heavy atom. The first-order valence-corrected chi connectivity index (χ1v) is 10.0. The van der Waals surface area contributed by atoms with Gasteiger partial charge in [0.25, 0.3) is 11.5 Å². The summed E-state index contributed by atoms with van der Waals surface area (Å²) >= 11 is 0. The molecule has 1 amide bonds. The Morgan fingerprint density at radius 3 is 2.31 bits per heavy atom. The summed E-state index contributed by atoms with van der Waals surface area (Å²) in [5, 5.41) is 9.81. The van der Waals surface area contributed by atoms with Gasteiger partial charge in [-0.05, 0) is 42.9 Å². The van der Waals surface area contributed by atoms with E-state index < -0.39 is 5.91 Å². The standard InChI is InChI=1S/C23H24N4O2/c1-15-9-8-10-16(2)20(15)24-25-22(28)21-18-13-6-7-14-19(18)23(29)27(26-21)17-11-4-3-5-12-17/h3-7,11-16H,8-10H2,1-2H3,(H,25,28)/t15-,16+. The Morgan fingerprint density at radius 1 is 1.00 bits per heavy atom. The number of hydrogen-bond donors (Lipinski definition) is 1. The third-order valence-electron chi connectivity index (χ3n) is 5.59. The van der Waals surface area contributed by atoms with Crippen LogP contribution in [0.1, 0.15) is 43.6 Å². The van der Waals surface area contributed by atoms with E-state index in [-0.39, 0.29) is 11.3 Å². The van der Waals surface area contributed by atoms with Gasteiger partial charge in [0.15, 0.2) is 5.69 Å². The molecule has 1 aromatic heterocycles. The van der Waals surface area contributed by atoms with Crippen molar-refractivity contribution in [3.63, 3.8) is 0 Å². The SMILES string of the molecule is C[C@@H]1CCC[C@H](C)C1=NNC(=O)c1nn(-c2ccccc2)c(=O)c2ccccc12. The number of rotatable bonds is 3. The maximum Gasteiger partial charge on any atom is 0.292 e. The van der Waals surface area contributed by atoms with Crippen LogP contribution in [0.25, 0.3) is 16.5 Å². The number of aromatic nitrogens is 2. The molecule has 1 aliphatic rings. The number of nitrogens with zero attached hydrogens (tertiary/aromatic N) is 3. The van der Waals surface area contributed by atoms with Crippen molar-refractivity contribution in [1.82, 2.24) is 15.2 Å². The van der Waals surface area contributed by atoms with Crippen LogP contribution >= 0.6 is 0 Å². The van der Waals surface area contributed by atoms with Gasteiger partial charge in [0.2, 0.25) is 0 Å². The van der Waals surface area contributed by atoms with Gasteiger partial charge in [-0.25, -0.2) is 5.43 Å². The molecule has 0 saturated heterocycles. The zero-order valence-electron chi connectivity index (χ0n) is 16.6. The molecule has 0 spiro atoms. The van der Waals surface area contributed by atoms with Crippen LogP contribution in [-0.2, 0) is 0 Å². The van der Waals surface area contributed by atoms with Crippen LogP contribution in [0.15, 0.2) is 64.5 Å². The molecule has 1 saturated carbocycles. The van der Waals surface area contributed by atoms with E-state index in [1.807, 2.05) is 18.2 Å². The van der Waals surface area contributed by atoms with Crippen LogP contribution in [0.3, 0.4) is 0 Å². The summed E-state index contributed by atoms with van der Waals surface area (Å²) in [5.41, 5.74) is 4.24. The molecule has 0 bridgehead atoms. The van der Waals surface area contributed by atoms with E-state index in [1.165, 1.54) is 11.1 Å². The quantitative estimate of drug-likeness (QED) is 0.691. The lowest BCUT2D eigenvalue weighted by molar-refractivity contribution is 0.0949. The minimum absolute atomic E-state index is 0.185. The lowest BCUT2D eigenvalue weighted by atomic mass is 9.81. The summed E-state index contributed by atoms with van der Waals surface area (Å²) in [6, 6.07) is 16.1. The third-order valence-corrected chi connectivity index (χ3v) is 5.59.